The maximum Gasteiger partial charge on any atom is 0.0702 e. The van der Waals surface area contributed by atoms with Gasteiger partial charge in [0.2, 0.25) is 0 Å². The van der Waals surface area contributed by atoms with Crippen molar-refractivity contribution < 1.29 is 9.84 Å². The van der Waals surface area contributed by atoms with Crippen LogP contribution in [0.25, 0.3) is 0 Å². The second-order valence-corrected chi connectivity index (χ2v) is 9.02. The Morgan fingerprint density at radius 1 is 1.05 bits per heavy atom. The predicted molar refractivity (Wildman–Crippen MR) is 85.1 cm³/mol. The number of hydrogen-bond donors (Lipinski definition) is 1. The lowest BCUT2D eigenvalue weighted by Gasteiger charge is -2.51. The Morgan fingerprint density at radius 3 is 2.35 bits per heavy atom. The molecule has 1 N–H and O–H groups in total. The van der Waals surface area contributed by atoms with Crippen LogP contribution in [0.2, 0.25) is 0 Å². The summed E-state index contributed by atoms with van der Waals surface area (Å²) in [5.74, 6) is 4.27. The molecule has 3 fully saturated rings. The van der Waals surface area contributed by atoms with Gasteiger partial charge < -0.3 is 9.84 Å². The van der Waals surface area contributed by atoms with Gasteiger partial charge in [0.25, 0.3) is 0 Å². The zero-order chi connectivity index (χ0) is 14.2. The largest absolute Gasteiger partial charge is 0.390 e. The fraction of sp³-hybridized carbons (Fsp3) is 1.00. The van der Waals surface area contributed by atoms with Gasteiger partial charge in [-0.2, -0.15) is 11.8 Å². The molecule has 1 spiro atoms. The molecule has 0 aromatic carbocycles. The number of ether oxygens (including phenoxy) is 1. The van der Waals surface area contributed by atoms with E-state index in [0.29, 0.717) is 17.8 Å². The molecule has 0 aromatic heterocycles. The van der Waals surface area contributed by atoms with Gasteiger partial charge >= 0.3 is 0 Å². The Hall–Kier alpha value is 0.270. The van der Waals surface area contributed by atoms with E-state index in [2.05, 4.69) is 25.6 Å². The summed E-state index contributed by atoms with van der Waals surface area (Å²) in [6.45, 7) is 5.49. The molecule has 0 amide bonds. The van der Waals surface area contributed by atoms with Crippen LogP contribution in [0.1, 0.15) is 58.8 Å². The van der Waals surface area contributed by atoms with Crippen molar-refractivity contribution in [3.05, 3.63) is 0 Å². The van der Waals surface area contributed by atoms with Crippen LogP contribution in [0, 0.1) is 17.8 Å². The monoisotopic (exact) mass is 298 g/mol. The van der Waals surface area contributed by atoms with Crippen LogP contribution in [-0.2, 0) is 4.74 Å². The van der Waals surface area contributed by atoms with Crippen LogP contribution < -0.4 is 0 Å². The molecule has 3 rings (SSSR count). The standard InChI is InChI=1S/C17H30O2S/c1-13-9-14(2)11-17(18,10-13)15-3-6-19-16(12-15)4-7-20-8-5-16/h13-15,18H,3-12H2,1-2H3. The predicted octanol–water partition coefficient (Wildman–Crippen LogP) is 3.87. The Bertz CT molecular complexity index is 322. The molecule has 3 aliphatic rings. The second-order valence-electron chi connectivity index (χ2n) is 7.79. The van der Waals surface area contributed by atoms with Gasteiger partial charge in [0, 0.05) is 6.61 Å². The van der Waals surface area contributed by atoms with Gasteiger partial charge in [-0.25, -0.2) is 0 Å². The van der Waals surface area contributed by atoms with E-state index >= 15 is 0 Å². The van der Waals surface area contributed by atoms with E-state index < -0.39 is 5.60 Å². The molecule has 2 aliphatic heterocycles. The molecule has 3 unspecified atom stereocenters. The molecule has 20 heavy (non-hydrogen) atoms. The van der Waals surface area contributed by atoms with Crippen molar-refractivity contribution in [1.82, 2.24) is 0 Å². The summed E-state index contributed by atoms with van der Waals surface area (Å²) in [7, 11) is 0. The quantitative estimate of drug-likeness (QED) is 0.797. The lowest BCUT2D eigenvalue weighted by atomic mass is 9.64. The van der Waals surface area contributed by atoms with E-state index in [0.717, 1.165) is 32.3 Å². The molecule has 2 heterocycles. The van der Waals surface area contributed by atoms with Crippen molar-refractivity contribution in [3.8, 4) is 0 Å². The Labute approximate surface area is 128 Å². The maximum atomic E-state index is 11.3. The molecule has 0 radical (unpaired) electrons. The molecule has 3 heteroatoms. The molecule has 1 saturated carbocycles. The third-order valence-electron chi connectivity index (χ3n) is 5.87. The van der Waals surface area contributed by atoms with Crippen molar-refractivity contribution in [2.75, 3.05) is 18.1 Å². The van der Waals surface area contributed by atoms with Crippen LogP contribution in [0.4, 0.5) is 0 Å². The molecular weight excluding hydrogens is 268 g/mol. The third kappa shape index (κ3) is 3.05. The first-order valence-corrected chi connectivity index (χ1v) is 9.61. The van der Waals surface area contributed by atoms with E-state index in [4.69, 9.17) is 4.74 Å². The number of hydrogen-bond acceptors (Lipinski definition) is 3. The summed E-state index contributed by atoms with van der Waals surface area (Å²) in [6.07, 6.45) is 7.84. The molecule has 0 aromatic rings. The summed E-state index contributed by atoms with van der Waals surface area (Å²) >= 11 is 2.06. The summed E-state index contributed by atoms with van der Waals surface area (Å²) in [6, 6.07) is 0. The van der Waals surface area contributed by atoms with E-state index in [1.165, 1.54) is 30.8 Å². The summed E-state index contributed by atoms with van der Waals surface area (Å²) in [5, 5.41) is 11.3. The highest BCUT2D eigenvalue weighted by atomic mass is 32.2. The van der Waals surface area contributed by atoms with E-state index in [9.17, 15) is 5.11 Å². The average molecular weight is 298 g/mol. The SMILES string of the molecule is CC1CC(C)CC(O)(C2CCOC3(CCSCC3)C2)C1. The number of aliphatic hydroxyl groups is 1. The zero-order valence-corrected chi connectivity index (χ0v) is 13.9. The highest BCUT2D eigenvalue weighted by Crippen LogP contribution is 2.48. The molecule has 116 valence electrons. The first-order valence-electron chi connectivity index (χ1n) is 8.45. The van der Waals surface area contributed by atoms with Gasteiger partial charge in [-0.3, -0.25) is 0 Å². The van der Waals surface area contributed by atoms with Crippen molar-refractivity contribution in [2.24, 2.45) is 17.8 Å². The average Bonchev–Trinajstić information content (AvgIpc) is 2.38. The van der Waals surface area contributed by atoms with Gasteiger partial charge in [-0.05, 0) is 74.2 Å². The minimum absolute atomic E-state index is 0.105. The van der Waals surface area contributed by atoms with Gasteiger partial charge in [-0.1, -0.05) is 13.8 Å². The first-order chi connectivity index (χ1) is 9.51. The second kappa shape index (κ2) is 5.81. The zero-order valence-electron chi connectivity index (χ0n) is 13.1. The van der Waals surface area contributed by atoms with E-state index in [1.807, 2.05) is 0 Å². The molecule has 2 saturated heterocycles. The highest BCUT2D eigenvalue weighted by Gasteiger charge is 2.48. The molecule has 3 atom stereocenters. The van der Waals surface area contributed by atoms with Gasteiger partial charge in [0.15, 0.2) is 0 Å². The topological polar surface area (TPSA) is 29.5 Å². The van der Waals surface area contributed by atoms with E-state index in [-0.39, 0.29) is 5.60 Å². The normalized spacial score (nSPS) is 45.5. The van der Waals surface area contributed by atoms with Crippen molar-refractivity contribution in [3.63, 3.8) is 0 Å². The fourth-order valence-electron chi connectivity index (χ4n) is 5.06. The lowest BCUT2D eigenvalue weighted by molar-refractivity contribution is -0.163. The smallest absolute Gasteiger partial charge is 0.0702 e. The van der Waals surface area contributed by atoms with Crippen LogP contribution >= 0.6 is 11.8 Å². The first kappa shape index (κ1) is 15.2. The maximum absolute atomic E-state index is 11.3. The fourth-order valence-corrected chi connectivity index (χ4v) is 6.29. The van der Waals surface area contributed by atoms with Crippen LogP contribution in [-0.4, -0.2) is 34.4 Å². The minimum atomic E-state index is -0.418. The van der Waals surface area contributed by atoms with Crippen molar-refractivity contribution in [2.45, 2.75) is 70.0 Å². The Balaban J connectivity index is 1.72. The lowest BCUT2D eigenvalue weighted by Crippen LogP contribution is -2.52. The van der Waals surface area contributed by atoms with E-state index in [1.54, 1.807) is 0 Å². The summed E-state index contributed by atoms with van der Waals surface area (Å²) in [5.41, 5.74) is -0.313. The molecule has 0 bridgehead atoms. The van der Waals surface area contributed by atoms with Crippen LogP contribution in [0.3, 0.4) is 0 Å². The minimum Gasteiger partial charge on any atom is -0.390 e. The third-order valence-corrected chi connectivity index (χ3v) is 6.85. The van der Waals surface area contributed by atoms with Crippen LogP contribution in [0.15, 0.2) is 0 Å². The van der Waals surface area contributed by atoms with Crippen molar-refractivity contribution >= 4 is 11.8 Å². The van der Waals surface area contributed by atoms with Gasteiger partial charge in [0.1, 0.15) is 0 Å². The van der Waals surface area contributed by atoms with Gasteiger partial charge in [-0.15, -0.1) is 0 Å². The van der Waals surface area contributed by atoms with Gasteiger partial charge in [0.05, 0.1) is 11.2 Å². The summed E-state index contributed by atoms with van der Waals surface area (Å²) < 4.78 is 6.20. The summed E-state index contributed by atoms with van der Waals surface area (Å²) in [4.78, 5) is 0. The van der Waals surface area contributed by atoms with Crippen LogP contribution in [0.5, 0.6) is 0 Å². The Kier molecular flexibility index (Phi) is 4.41. The molecule has 1 aliphatic carbocycles. The Morgan fingerprint density at radius 2 is 1.70 bits per heavy atom. The molecular formula is C17H30O2S. The number of thioether (sulfide) groups is 1. The highest BCUT2D eigenvalue weighted by molar-refractivity contribution is 7.99. The molecule has 2 nitrogen and oxygen atoms in total. The number of rotatable bonds is 1. The van der Waals surface area contributed by atoms with Crippen molar-refractivity contribution in [1.29, 1.82) is 0 Å².